The van der Waals surface area contributed by atoms with Crippen LogP contribution in [0.1, 0.15) is 18.7 Å². The fraction of sp³-hybridized carbons (Fsp3) is 0.318. The molecule has 4 heterocycles. The van der Waals surface area contributed by atoms with Gasteiger partial charge < -0.3 is 10.5 Å². The zero-order valence-corrected chi connectivity index (χ0v) is 19.5. The maximum atomic E-state index is 12.9. The van der Waals surface area contributed by atoms with E-state index in [0.717, 1.165) is 32.6 Å². The molecule has 0 fully saturated rings. The lowest BCUT2D eigenvalue weighted by Gasteiger charge is -2.20. The van der Waals surface area contributed by atoms with Crippen LogP contribution in [-0.2, 0) is 23.3 Å². The molecule has 4 aromatic rings. The molecule has 0 aliphatic carbocycles. The number of fused-ring (bicyclic) bond motifs is 3. The maximum Gasteiger partial charge on any atom is 0.408 e. The number of primary amides is 1. The zero-order valence-electron chi connectivity index (χ0n) is 18.7. The molecule has 1 aliphatic heterocycles. The van der Waals surface area contributed by atoms with E-state index in [1.54, 1.807) is 26.2 Å². The fourth-order valence-corrected chi connectivity index (χ4v) is 4.76. The molecule has 3 aromatic heterocycles. The molecule has 0 bridgehead atoms. The quantitative estimate of drug-likeness (QED) is 0.445. The van der Waals surface area contributed by atoms with Gasteiger partial charge in [0.2, 0.25) is 5.91 Å². The normalized spacial score (nSPS) is 13.6. The number of halogens is 3. The molecule has 1 amide bonds. The van der Waals surface area contributed by atoms with Gasteiger partial charge in [0, 0.05) is 28.6 Å². The van der Waals surface area contributed by atoms with Gasteiger partial charge in [-0.2, -0.15) is 23.4 Å². The van der Waals surface area contributed by atoms with Gasteiger partial charge in [-0.15, -0.1) is 11.3 Å². The van der Waals surface area contributed by atoms with E-state index < -0.39 is 24.2 Å². The van der Waals surface area contributed by atoms with Gasteiger partial charge in [-0.3, -0.25) is 9.48 Å². The van der Waals surface area contributed by atoms with Gasteiger partial charge in [-0.1, -0.05) is 6.07 Å². The number of nitrogens with zero attached hydrogens (tertiary/aromatic N) is 6. The molecule has 35 heavy (non-hydrogen) atoms. The van der Waals surface area contributed by atoms with Gasteiger partial charge >= 0.3 is 6.18 Å². The Bertz CT molecular complexity index is 1420. The monoisotopic (exact) mass is 503 g/mol. The standard InChI is InChI=1S/C22H20F3N7O2S/c1-21(2,20(26)33)32-9-13(8-28-32)12-3-4-14-15(7-12)34-6-5-16-17(14)30-19(35-16)18-27-11-29-31(18)10-22(23,24)25/h3-4,7-9,11H,5-6,10H2,1-2H3,(H2,26,33). The first-order valence-electron chi connectivity index (χ1n) is 10.6. The van der Waals surface area contributed by atoms with Crippen molar-refractivity contribution < 1.29 is 22.7 Å². The van der Waals surface area contributed by atoms with Gasteiger partial charge in [0.1, 0.15) is 24.2 Å². The summed E-state index contributed by atoms with van der Waals surface area (Å²) in [5.74, 6) is 0.163. The number of carbonyl (C=O) groups excluding carboxylic acids is 1. The second-order valence-corrected chi connectivity index (χ2v) is 9.64. The minimum absolute atomic E-state index is 0.0731. The Hall–Kier alpha value is -3.74. The number of carbonyl (C=O) groups is 1. The summed E-state index contributed by atoms with van der Waals surface area (Å²) < 4.78 is 47.1. The minimum Gasteiger partial charge on any atom is -0.492 e. The number of thiazole rings is 1. The molecule has 1 aromatic carbocycles. The molecule has 13 heteroatoms. The van der Waals surface area contributed by atoms with Crippen LogP contribution in [0.3, 0.4) is 0 Å². The SMILES string of the molecule is CC(C)(C(N)=O)n1cc(-c2ccc3c(c2)OCCc2sc(-c4ncnn4CC(F)(F)F)nc2-3)cn1. The van der Waals surface area contributed by atoms with E-state index in [1.165, 1.54) is 16.0 Å². The average molecular weight is 504 g/mol. The Morgan fingerprint density at radius 2 is 2.03 bits per heavy atom. The summed E-state index contributed by atoms with van der Waals surface area (Å²) in [6, 6.07) is 5.59. The first-order chi connectivity index (χ1) is 16.5. The van der Waals surface area contributed by atoms with Crippen molar-refractivity contribution in [2.75, 3.05) is 6.61 Å². The molecular formula is C22H20F3N7O2S. The summed E-state index contributed by atoms with van der Waals surface area (Å²) >= 11 is 1.28. The molecule has 0 unspecified atom stereocenters. The van der Waals surface area contributed by atoms with Crippen LogP contribution in [0.5, 0.6) is 5.75 Å². The van der Waals surface area contributed by atoms with Crippen LogP contribution in [0.25, 0.3) is 33.2 Å². The summed E-state index contributed by atoms with van der Waals surface area (Å²) in [4.78, 5) is 21.3. The largest absolute Gasteiger partial charge is 0.492 e. The lowest BCUT2D eigenvalue weighted by Crippen LogP contribution is -2.41. The number of amides is 1. The lowest BCUT2D eigenvalue weighted by atomic mass is 10.0. The van der Waals surface area contributed by atoms with Crippen molar-refractivity contribution in [3.63, 3.8) is 0 Å². The van der Waals surface area contributed by atoms with E-state index in [0.29, 0.717) is 29.5 Å². The Kier molecular flexibility index (Phi) is 5.38. The molecule has 182 valence electrons. The van der Waals surface area contributed by atoms with Crippen molar-refractivity contribution in [2.45, 2.75) is 38.5 Å². The Morgan fingerprint density at radius 1 is 1.23 bits per heavy atom. The van der Waals surface area contributed by atoms with E-state index in [2.05, 4.69) is 20.2 Å². The smallest absolute Gasteiger partial charge is 0.408 e. The van der Waals surface area contributed by atoms with Crippen LogP contribution in [0, 0.1) is 0 Å². The van der Waals surface area contributed by atoms with E-state index in [4.69, 9.17) is 10.5 Å². The van der Waals surface area contributed by atoms with Gasteiger partial charge in [0.05, 0.1) is 18.5 Å². The number of rotatable bonds is 5. The Labute approximate surface area is 201 Å². The van der Waals surface area contributed by atoms with Crippen LogP contribution < -0.4 is 10.5 Å². The van der Waals surface area contributed by atoms with Crippen LogP contribution in [0.4, 0.5) is 13.2 Å². The van der Waals surface area contributed by atoms with Gasteiger partial charge in [-0.05, 0) is 31.5 Å². The first kappa shape index (κ1) is 23.0. The molecule has 0 saturated heterocycles. The summed E-state index contributed by atoms with van der Waals surface area (Å²) in [5, 5.41) is 8.36. The highest BCUT2D eigenvalue weighted by atomic mass is 32.1. The highest BCUT2D eigenvalue weighted by Gasteiger charge is 2.31. The van der Waals surface area contributed by atoms with E-state index in [1.807, 2.05) is 18.2 Å². The van der Waals surface area contributed by atoms with Gasteiger partial charge in [-0.25, -0.2) is 14.6 Å². The average Bonchev–Trinajstić information content (AvgIpc) is 3.51. The maximum absolute atomic E-state index is 12.9. The predicted octanol–water partition coefficient (Wildman–Crippen LogP) is 3.65. The number of hydrogen-bond acceptors (Lipinski definition) is 7. The van der Waals surface area contributed by atoms with Crippen molar-refractivity contribution in [1.82, 2.24) is 29.5 Å². The third kappa shape index (κ3) is 4.27. The van der Waals surface area contributed by atoms with E-state index in [-0.39, 0.29) is 5.82 Å². The number of nitrogens with two attached hydrogens (primary N) is 1. The first-order valence-corrected chi connectivity index (χ1v) is 11.4. The van der Waals surface area contributed by atoms with Gasteiger partial charge in [0.15, 0.2) is 10.8 Å². The number of alkyl halides is 3. The van der Waals surface area contributed by atoms with Crippen LogP contribution in [0.15, 0.2) is 36.9 Å². The second kappa shape index (κ2) is 8.18. The highest BCUT2D eigenvalue weighted by Crippen LogP contribution is 2.41. The number of benzene rings is 1. The molecule has 0 atom stereocenters. The van der Waals surface area contributed by atoms with Crippen LogP contribution in [-0.4, -0.2) is 48.2 Å². The predicted molar refractivity (Wildman–Crippen MR) is 122 cm³/mol. The fourth-order valence-electron chi connectivity index (χ4n) is 3.70. The third-order valence-electron chi connectivity index (χ3n) is 5.75. The zero-order chi connectivity index (χ0) is 25.0. The van der Waals surface area contributed by atoms with Crippen molar-refractivity contribution in [1.29, 1.82) is 0 Å². The van der Waals surface area contributed by atoms with Crippen molar-refractivity contribution in [3.8, 4) is 39.0 Å². The third-order valence-corrected chi connectivity index (χ3v) is 6.86. The Morgan fingerprint density at radius 3 is 2.77 bits per heavy atom. The molecule has 2 N–H and O–H groups in total. The second-order valence-electron chi connectivity index (χ2n) is 8.55. The Balaban J connectivity index is 1.50. The summed E-state index contributed by atoms with van der Waals surface area (Å²) in [6.45, 7) is 2.51. The molecule has 5 rings (SSSR count). The van der Waals surface area contributed by atoms with Crippen LogP contribution in [0.2, 0.25) is 0 Å². The molecule has 0 radical (unpaired) electrons. The molecule has 9 nitrogen and oxygen atoms in total. The lowest BCUT2D eigenvalue weighted by molar-refractivity contribution is -0.142. The van der Waals surface area contributed by atoms with Crippen molar-refractivity contribution in [2.24, 2.45) is 5.73 Å². The summed E-state index contributed by atoms with van der Waals surface area (Å²) in [6.07, 6.45) is 0.603. The molecule has 0 spiro atoms. The molecule has 1 aliphatic rings. The highest BCUT2D eigenvalue weighted by molar-refractivity contribution is 7.15. The number of aromatic nitrogens is 6. The number of ether oxygens (including phenoxy) is 1. The van der Waals surface area contributed by atoms with Crippen LogP contribution >= 0.6 is 11.3 Å². The molecular weight excluding hydrogens is 483 g/mol. The minimum atomic E-state index is -4.42. The molecule has 0 saturated carbocycles. The van der Waals surface area contributed by atoms with Crippen molar-refractivity contribution >= 4 is 17.2 Å². The van der Waals surface area contributed by atoms with E-state index in [9.17, 15) is 18.0 Å². The van der Waals surface area contributed by atoms with Crippen molar-refractivity contribution in [3.05, 3.63) is 41.8 Å². The van der Waals surface area contributed by atoms with E-state index >= 15 is 0 Å². The van der Waals surface area contributed by atoms with Gasteiger partial charge in [0.25, 0.3) is 0 Å². The topological polar surface area (TPSA) is 114 Å². The number of hydrogen-bond donors (Lipinski definition) is 1. The summed E-state index contributed by atoms with van der Waals surface area (Å²) in [5.41, 5.74) is 7.47. The summed E-state index contributed by atoms with van der Waals surface area (Å²) in [7, 11) is 0.